The van der Waals surface area contributed by atoms with Crippen molar-refractivity contribution >= 4 is 34.6 Å². The molecule has 4 nitrogen and oxygen atoms in total. The summed E-state index contributed by atoms with van der Waals surface area (Å²) in [7, 11) is 0. The van der Waals surface area contributed by atoms with Gasteiger partial charge in [0.05, 0.1) is 11.7 Å². The summed E-state index contributed by atoms with van der Waals surface area (Å²) in [5.41, 5.74) is 6.75. The number of hydrogen-bond donors (Lipinski definition) is 1. The molecule has 0 spiro atoms. The molecule has 3 aromatic rings. The van der Waals surface area contributed by atoms with Crippen molar-refractivity contribution in [1.29, 1.82) is 0 Å². The van der Waals surface area contributed by atoms with Crippen LogP contribution in [-0.2, 0) is 0 Å². The second-order valence-corrected chi connectivity index (χ2v) is 5.99. The number of aromatic nitrogens is 1. The first-order valence-electron chi connectivity index (χ1n) is 7.50. The van der Waals surface area contributed by atoms with Gasteiger partial charge in [-0.3, -0.25) is 4.79 Å². The number of carbonyl (C=O) groups is 1. The van der Waals surface area contributed by atoms with Gasteiger partial charge in [-0.05, 0) is 43.7 Å². The molecule has 0 saturated heterocycles. The van der Waals surface area contributed by atoms with Crippen LogP contribution in [0.25, 0.3) is 10.9 Å². The van der Waals surface area contributed by atoms with Gasteiger partial charge in [0.25, 0.3) is 5.91 Å². The van der Waals surface area contributed by atoms with Gasteiger partial charge in [-0.2, -0.15) is 5.10 Å². The molecule has 3 rings (SSSR count). The Bertz CT molecular complexity index is 933. The Morgan fingerprint density at radius 3 is 2.54 bits per heavy atom. The minimum Gasteiger partial charge on any atom is -0.267 e. The van der Waals surface area contributed by atoms with Gasteiger partial charge in [0.1, 0.15) is 5.15 Å². The zero-order valence-corrected chi connectivity index (χ0v) is 14.1. The third-order valence-electron chi connectivity index (χ3n) is 3.64. The molecule has 0 aliphatic rings. The van der Waals surface area contributed by atoms with Crippen molar-refractivity contribution in [3.8, 4) is 0 Å². The van der Waals surface area contributed by atoms with Crippen LogP contribution in [0.3, 0.4) is 0 Å². The third-order valence-corrected chi connectivity index (χ3v) is 3.94. The maximum Gasteiger partial charge on any atom is 0.271 e. The highest BCUT2D eigenvalue weighted by molar-refractivity contribution is 6.32. The largest absolute Gasteiger partial charge is 0.271 e. The number of pyridine rings is 1. The summed E-state index contributed by atoms with van der Waals surface area (Å²) in [6.45, 7) is 3.97. The van der Waals surface area contributed by atoms with E-state index < -0.39 is 0 Å². The summed E-state index contributed by atoms with van der Waals surface area (Å²) in [5, 5.41) is 5.29. The second-order valence-electron chi connectivity index (χ2n) is 5.63. The highest BCUT2D eigenvalue weighted by Gasteiger charge is 2.05. The lowest BCUT2D eigenvalue weighted by atomic mass is 10.1. The highest BCUT2D eigenvalue weighted by Crippen LogP contribution is 2.20. The van der Waals surface area contributed by atoms with E-state index in [0.29, 0.717) is 16.3 Å². The summed E-state index contributed by atoms with van der Waals surface area (Å²) in [5.74, 6) is -0.272. The van der Waals surface area contributed by atoms with Gasteiger partial charge >= 0.3 is 0 Å². The Labute approximate surface area is 145 Å². The third kappa shape index (κ3) is 3.60. The quantitative estimate of drug-likeness (QED) is 0.441. The molecule has 1 N–H and O–H groups in total. The van der Waals surface area contributed by atoms with Crippen LogP contribution in [0.15, 0.2) is 53.6 Å². The number of nitrogens with zero attached hydrogens (tertiary/aromatic N) is 2. The number of halogens is 1. The lowest BCUT2D eigenvalue weighted by molar-refractivity contribution is 0.0955. The first-order chi connectivity index (χ1) is 11.5. The number of fused-ring (bicyclic) bond motifs is 1. The summed E-state index contributed by atoms with van der Waals surface area (Å²) < 4.78 is 0. The maximum atomic E-state index is 12.0. The first kappa shape index (κ1) is 16.1. The number of hydrazone groups is 1. The Kier molecular flexibility index (Phi) is 4.58. The lowest BCUT2D eigenvalue weighted by Gasteiger charge is -2.03. The molecule has 0 atom stereocenters. The smallest absolute Gasteiger partial charge is 0.267 e. The van der Waals surface area contributed by atoms with E-state index in [0.717, 1.165) is 22.0 Å². The molecule has 0 unspecified atom stereocenters. The molecule has 1 amide bonds. The molecular formula is C19H16ClN3O. The predicted molar refractivity (Wildman–Crippen MR) is 97.7 cm³/mol. The van der Waals surface area contributed by atoms with Gasteiger partial charge in [0.2, 0.25) is 0 Å². The molecule has 0 bridgehead atoms. The first-order valence-corrected chi connectivity index (χ1v) is 7.88. The van der Waals surface area contributed by atoms with Crippen LogP contribution in [0.4, 0.5) is 0 Å². The highest BCUT2D eigenvalue weighted by atomic mass is 35.5. The monoisotopic (exact) mass is 337 g/mol. The minimum absolute atomic E-state index is 0.272. The Morgan fingerprint density at radius 1 is 1.08 bits per heavy atom. The summed E-state index contributed by atoms with van der Waals surface area (Å²) >= 11 is 6.19. The Balaban J connectivity index is 1.77. The average molecular weight is 338 g/mol. The van der Waals surface area contributed by atoms with E-state index in [2.05, 4.69) is 15.5 Å². The topological polar surface area (TPSA) is 54.4 Å². The number of nitrogens with one attached hydrogen (secondary N) is 1. The van der Waals surface area contributed by atoms with E-state index >= 15 is 0 Å². The molecule has 5 heteroatoms. The number of aryl methyl sites for hydroxylation is 2. The van der Waals surface area contributed by atoms with Crippen LogP contribution in [0.2, 0.25) is 5.15 Å². The van der Waals surface area contributed by atoms with Crippen molar-refractivity contribution in [2.24, 2.45) is 5.10 Å². The van der Waals surface area contributed by atoms with Crippen LogP contribution < -0.4 is 5.43 Å². The number of rotatable bonds is 3. The summed E-state index contributed by atoms with van der Waals surface area (Å²) in [6, 6.07) is 15.1. The van der Waals surface area contributed by atoms with Crippen molar-refractivity contribution in [2.75, 3.05) is 0 Å². The fourth-order valence-corrected chi connectivity index (χ4v) is 2.48. The van der Waals surface area contributed by atoms with Gasteiger partial charge in [0.15, 0.2) is 0 Å². The van der Waals surface area contributed by atoms with Gasteiger partial charge in [-0.15, -0.1) is 0 Å². The maximum absolute atomic E-state index is 12.0. The summed E-state index contributed by atoms with van der Waals surface area (Å²) in [4.78, 5) is 16.4. The number of amides is 1. The molecular weight excluding hydrogens is 322 g/mol. The van der Waals surface area contributed by atoms with Crippen LogP contribution >= 0.6 is 11.6 Å². The zero-order chi connectivity index (χ0) is 17.1. The van der Waals surface area contributed by atoms with Crippen molar-refractivity contribution < 1.29 is 4.79 Å². The van der Waals surface area contributed by atoms with E-state index in [1.165, 1.54) is 6.21 Å². The van der Waals surface area contributed by atoms with Gasteiger partial charge in [-0.1, -0.05) is 41.4 Å². The molecule has 1 aromatic heterocycles. The molecule has 24 heavy (non-hydrogen) atoms. The lowest BCUT2D eigenvalue weighted by Crippen LogP contribution is -2.17. The van der Waals surface area contributed by atoms with Crippen LogP contribution in [0.5, 0.6) is 0 Å². The summed E-state index contributed by atoms with van der Waals surface area (Å²) in [6.07, 6.45) is 1.50. The SMILES string of the molecule is Cc1ccc(C(=O)NN=Cc2cc3ccc(C)cc3nc2Cl)cc1. The van der Waals surface area contributed by atoms with Crippen molar-refractivity contribution in [3.63, 3.8) is 0 Å². The normalized spacial score (nSPS) is 11.1. The minimum atomic E-state index is -0.272. The van der Waals surface area contributed by atoms with Crippen molar-refractivity contribution in [3.05, 3.63) is 75.9 Å². The molecule has 0 radical (unpaired) electrons. The van der Waals surface area contributed by atoms with Crippen LogP contribution in [0.1, 0.15) is 27.0 Å². The van der Waals surface area contributed by atoms with E-state index in [-0.39, 0.29) is 5.91 Å². The molecule has 0 fully saturated rings. The van der Waals surface area contributed by atoms with Crippen LogP contribution in [-0.4, -0.2) is 17.1 Å². The molecule has 1 heterocycles. The predicted octanol–water partition coefficient (Wildman–Crippen LogP) is 4.27. The van der Waals surface area contributed by atoms with Gasteiger partial charge in [-0.25, -0.2) is 10.4 Å². The molecule has 0 saturated carbocycles. The Hall–Kier alpha value is -2.72. The molecule has 0 aliphatic carbocycles. The number of carbonyl (C=O) groups excluding carboxylic acids is 1. The van der Waals surface area contributed by atoms with E-state index in [9.17, 15) is 4.79 Å². The van der Waals surface area contributed by atoms with Crippen molar-refractivity contribution in [2.45, 2.75) is 13.8 Å². The Morgan fingerprint density at radius 2 is 1.79 bits per heavy atom. The van der Waals surface area contributed by atoms with E-state index in [4.69, 9.17) is 11.6 Å². The standard InChI is InChI=1S/C19H16ClN3O/c1-12-3-6-14(7-4-12)19(24)23-21-11-16-10-15-8-5-13(2)9-17(15)22-18(16)20/h3-11H,1-2H3,(H,23,24). The molecule has 0 aliphatic heterocycles. The zero-order valence-electron chi connectivity index (χ0n) is 13.4. The molecule has 120 valence electrons. The average Bonchev–Trinajstić information content (AvgIpc) is 2.56. The number of benzene rings is 2. The van der Waals surface area contributed by atoms with Gasteiger partial charge < -0.3 is 0 Å². The molecule has 2 aromatic carbocycles. The number of hydrogen-bond acceptors (Lipinski definition) is 3. The fourth-order valence-electron chi connectivity index (χ4n) is 2.29. The van der Waals surface area contributed by atoms with Crippen LogP contribution in [0, 0.1) is 13.8 Å². The van der Waals surface area contributed by atoms with E-state index in [1.54, 1.807) is 12.1 Å². The van der Waals surface area contributed by atoms with E-state index in [1.807, 2.05) is 50.2 Å². The second kappa shape index (κ2) is 6.81. The fraction of sp³-hybridized carbons (Fsp3) is 0.105. The van der Waals surface area contributed by atoms with Crippen molar-refractivity contribution in [1.82, 2.24) is 10.4 Å². The van der Waals surface area contributed by atoms with Gasteiger partial charge in [0, 0.05) is 16.5 Å².